The highest BCUT2D eigenvalue weighted by Crippen LogP contribution is 2.24. The van der Waals surface area contributed by atoms with E-state index < -0.39 is 12.0 Å². The molecule has 8 heteroatoms. The van der Waals surface area contributed by atoms with Gasteiger partial charge in [0.25, 0.3) is 5.91 Å². The van der Waals surface area contributed by atoms with Crippen molar-refractivity contribution in [3.63, 3.8) is 0 Å². The number of benzene rings is 1. The molecule has 0 saturated carbocycles. The molecule has 0 bridgehead atoms. The Morgan fingerprint density at radius 1 is 1.08 bits per heavy atom. The molecule has 0 spiro atoms. The standard InChI is InChI=1S/C18H20N4O4/c1-26-17(24)13-11-19-15(14(13)16(23)22-9-5-6-10-22)21-18(25)20-12-7-3-2-4-8-12/h2-4,7-8,11,19H,5-6,9-10H2,1H3,(H2,20,21,25). The van der Waals surface area contributed by atoms with E-state index in [1.54, 1.807) is 29.2 Å². The van der Waals surface area contributed by atoms with Crippen molar-refractivity contribution in [3.05, 3.63) is 47.7 Å². The lowest BCUT2D eigenvalue weighted by Crippen LogP contribution is -2.30. The Hall–Kier alpha value is -3.29. The molecule has 2 aromatic rings. The van der Waals surface area contributed by atoms with Gasteiger partial charge in [-0.25, -0.2) is 9.59 Å². The maximum atomic E-state index is 12.8. The number of carbonyl (C=O) groups excluding carboxylic acids is 3. The third-order valence-corrected chi connectivity index (χ3v) is 4.16. The quantitative estimate of drug-likeness (QED) is 0.733. The number of anilines is 2. The summed E-state index contributed by atoms with van der Waals surface area (Å²) in [7, 11) is 1.24. The van der Waals surface area contributed by atoms with Gasteiger partial charge < -0.3 is 19.9 Å². The normalized spacial score (nSPS) is 13.3. The molecule has 0 atom stereocenters. The summed E-state index contributed by atoms with van der Waals surface area (Å²) < 4.78 is 4.75. The Morgan fingerprint density at radius 2 is 1.77 bits per heavy atom. The summed E-state index contributed by atoms with van der Waals surface area (Å²) in [4.78, 5) is 41.5. The Balaban J connectivity index is 1.84. The Kier molecular flexibility index (Phi) is 5.21. The average molecular weight is 356 g/mol. The number of aromatic amines is 1. The van der Waals surface area contributed by atoms with Crippen molar-refractivity contribution in [2.45, 2.75) is 12.8 Å². The number of rotatable bonds is 4. The lowest BCUT2D eigenvalue weighted by Gasteiger charge is -2.17. The van der Waals surface area contributed by atoms with Gasteiger partial charge in [0, 0.05) is 25.0 Å². The van der Waals surface area contributed by atoms with Crippen LogP contribution < -0.4 is 10.6 Å². The summed E-state index contributed by atoms with van der Waals surface area (Å²) in [5.41, 5.74) is 0.818. The van der Waals surface area contributed by atoms with Gasteiger partial charge >= 0.3 is 12.0 Å². The molecule has 1 saturated heterocycles. The van der Waals surface area contributed by atoms with Crippen LogP contribution in [0.15, 0.2) is 36.5 Å². The number of hydrogen-bond donors (Lipinski definition) is 3. The number of methoxy groups -OCH3 is 1. The van der Waals surface area contributed by atoms with Crippen LogP contribution in [-0.4, -0.2) is 48.0 Å². The molecule has 3 amide bonds. The van der Waals surface area contributed by atoms with Crippen molar-refractivity contribution in [1.29, 1.82) is 0 Å². The molecule has 136 valence electrons. The minimum Gasteiger partial charge on any atom is -0.465 e. The van der Waals surface area contributed by atoms with Crippen LogP contribution in [-0.2, 0) is 4.74 Å². The van der Waals surface area contributed by atoms with Gasteiger partial charge in [-0.3, -0.25) is 10.1 Å². The van der Waals surface area contributed by atoms with Gasteiger partial charge in [-0.1, -0.05) is 18.2 Å². The third-order valence-electron chi connectivity index (χ3n) is 4.16. The summed E-state index contributed by atoms with van der Waals surface area (Å²) >= 11 is 0. The number of likely N-dealkylation sites (tertiary alicyclic amines) is 1. The van der Waals surface area contributed by atoms with Crippen LogP contribution in [0.5, 0.6) is 0 Å². The van der Waals surface area contributed by atoms with Crippen molar-refractivity contribution in [2.75, 3.05) is 30.8 Å². The zero-order valence-electron chi connectivity index (χ0n) is 14.4. The number of hydrogen-bond acceptors (Lipinski definition) is 4. The van der Waals surface area contributed by atoms with Gasteiger partial charge in [0.2, 0.25) is 0 Å². The number of ether oxygens (including phenoxy) is 1. The summed E-state index contributed by atoms with van der Waals surface area (Å²) in [6.07, 6.45) is 3.20. The van der Waals surface area contributed by atoms with Gasteiger partial charge in [-0.05, 0) is 25.0 Å². The smallest absolute Gasteiger partial charge is 0.340 e. The summed E-state index contributed by atoms with van der Waals surface area (Å²) in [6.45, 7) is 1.25. The summed E-state index contributed by atoms with van der Waals surface area (Å²) in [6, 6.07) is 8.38. The van der Waals surface area contributed by atoms with E-state index in [1.807, 2.05) is 6.07 Å². The first-order valence-corrected chi connectivity index (χ1v) is 8.32. The van der Waals surface area contributed by atoms with Crippen molar-refractivity contribution >= 4 is 29.4 Å². The lowest BCUT2D eigenvalue weighted by atomic mass is 10.1. The first kappa shape index (κ1) is 17.5. The zero-order chi connectivity index (χ0) is 18.5. The number of amides is 3. The van der Waals surface area contributed by atoms with Crippen LogP contribution in [0, 0.1) is 0 Å². The van der Waals surface area contributed by atoms with Crippen molar-refractivity contribution in [3.8, 4) is 0 Å². The molecule has 1 aromatic heterocycles. The van der Waals surface area contributed by atoms with E-state index in [0.717, 1.165) is 12.8 Å². The minimum absolute atomic E-state index is 0.0967. The number of nitrogens with one attached hydrogen (secondary N) is 3. The molecule has 1 fully saturated rings. The van der Waals surface area contributed by atoms with E-state index in [4.69, 9.17) is 4.74 Å². The predicted octanol–water partition coefficient (Wildman–Crippen LogP) is 2.68. The number of H-pyrrole nitrogens is 1. The van der Waals surface area contributed by atoms with Crippen LogP contribution in [0.3, 0.4) is 0 Å². The van der Waals surface area contributed by atoms with E-state index in [0.29, 0.717) is 18.8 Å². The second-order valence-electron chi connectivity index (χ2n) is 5.89. The number of nitrogens with zero attached hydrogens (tertiary/aromatic N) is 1. The molecule has 26 heavy (non-hydrogen) atoms. The molecular weight excluding hydrogens is 336 g/mol. The van der Waals surface area contributed by atoms with Gasteiger partial charge in [0.15, 0.2) is 0 Å². The Bertz CT molecular complexity index is 810. The molecule has 0 radical (unpaired) electrons. The van der Waals surface area contributed by atoms with Crippen LogP contribution in [0.4, 0.5) is 16.3 Å². The molecule has 2 heterocycles. The fourth-order valence-electron chi connectivity index (χ4n) is 2.89. The van der Waals surface area contributed by atoms with E-state index in [1.165, 1.54) is 13.3 Å². The number of urea groups is 1. The van der Waals surface area contributed by atoms with Crippen LogP contribution in [0.1, 0.15) is 33.6 Å². The second-order valence-corrected chi connectivity index (χ2v) is 5.89. The molecule has 1 aliphatic heterocycles. The van der Waals surface area contributed by atoms with Crippen LogP contribution in [0.25, 0.3) is 0 Å². The molecule has 1 aromatic carbocycles. The monoisotopic (exact) mass is 356 g/mol. The molecule has 0 unspecified atom stereocenters. The lowest BCUT2D eigenvalue weighted by molar-refractivity contribution is 0.0592. The highest BCUT2D eigenvalue weighted by atomic mass is 16.5. The highest BCUT2D eigenvalue weighted by Gasteiger charge is 2.29. The molecule has 3 rings (SSSR count). The van der Waals surface area contributed by atoms with Gasteiger partial charge in [-0.15, -0.1) is 0 Å². The minimum atomic E-state index is -0.639. The highest BCUT2D eigenvalue weighted by molar-refractivity contribution is 6.12. The SMILES string of the molecule is COC(=O)c1c[nH]c(NC(=O)Nc2ccccc2)c1C(=O)N1CCCC1. The fourth-order valence-corrected chi connectivity index (χ4v) is 2.89. The van der Waals surface area contributed by atoms with Crippen LogP contribution >= 0.6 is 0 Å². The molecule has 1 aliphatic rings. The number of aromatic nitrogens is 1. The predicted molar refractivity (Wildman–Crippen MR) is 96.4 cm³/mol. The summed E-state index contributed by atoms with van der Waals surface area (Å²) in [5.74, 6) is -0.782. The van der Waals surface area contributed by atoms with Gasteiger partial charge in [0.1, 0.15) is 5.82 Å². The zero-order valence-corrected chi connectivity index (χ0v) is 14.4. The van der Waals surface area contributed by atoms with Gasteiger partial charge in [-0.2, -0.15) is 0 Å². The van der Waals surface area contributed by atoms with Crippen molar-refractivity contribution < 1.29 is 19.1 Å². The number of esters is 1. The van der Waals surface area contributed by atoms with Gasteiger partial charge in [0.05, 0.1) is 18.2 Å². The van der Waals surface area contributed by atoms with E-state index in [-0.39, 0.29) is 22.9 Å². The molecule has 3 N–H and O–H groups in total. The number of carbonyl (C=O) groups is 3. The van der Waals surface area contributed by atoms with Crippen molar-refractivity contribution in [1.82, 2.24) is 9.88 Å². The topological polar surface area (TPSA) is 104 Å². The number of para-hydroxylation sites is 1. The van der Waals surface area contributed by atoms with Crippen molar-refractivity contribution in [2.24, 2.45) is 0 Å². The summed E-state index contributed by atoms with van der Waals surface area (Å²) in [5, 5.41) is 5.27. The van der Waals surface area contributed by atoms with E-state index >= 15 is 0 Å². The molecule has 8 nitrogen and oxygen atoms in total. The average Bonchev–Trinajstić information content (AvgIpc) is 3.31. The van der Waals surface area contributed by atoms with E-state index in [9.17, 15) is 14.4 Å². The fraction of sp³-hybridized carbons (Fsp3) is 0.278. The maximum Gasteiger partial charge on any atom is 0.340 e. The largest absolute Gasteiger partial charge is 0.465 e. The third kappa shape index (κ3) is 3.69. The van der Waals surface area contributed by atoms with Crippen LogP contribution in [0.2, 0.25) is 0 Å². The molecule has 0 aliphatic carbocycles. The molecular formula is C18H20N4O4. The Labute approximate surface area is 150 Å². The Morgan fingerprint density at radius 3 is 2.42 bits per heavy atom. The second kappa shape index (κ2) is 7.73. The maximum absolute atomic E-state index is 12.8. The van der Waals surface area contributed by atoms with E-state index in [2.05, 4.69) is 15.6 Å². The first-order valence-electron chi connectivity index (χ1n) is 8.32. The first-order chi connectivity index (χ1) is 12.6.